The molecule has 2 aromatic carbocycles. The highest BCUT2D eigenvalue weighted by molar-refractivity contribution is 6.31. The smallest absolute Gasteiger partial charge is 0.244 e. The Morgan fingerprint density at radius 3 is 2.57 bits per heavy atom. The van der Waals surface area contributed by atoms with Crippen molar-refractivity contribution < 1.29 is 0 Å². The normalized spacial score (nSPS) is 14.2. The Labute approximate surface area is 170 Å². The molecule has 0 bridgehead atoms. The van der Waals surface area contributed by atoms with Crippen molar-refractivity contribution in [2.45, 2.75) is 13.5 Å². The predicted octanol–water partition coefficient (Wildman–Crippen LogP) is 3.77. The van der Waals surface area contributed by atoms with E-state index in [1.807, 2.05) is 24.3 Å². The number of rotatable bonds is 5. The van der Waals surface area contributed by atoms with Crippen LogP contribution in [0.5, 0.6) is 0 Å². The van der Waals surface area contributed by atoms with Crippen molar-refractivity contribution in [3.05, 3.63) is 70.9 Å². The third kappa shape index (κ3) is 4.34. The Kier molecular flexibility index (Phi) is 5.58. The summed E-state index contributed by atoms with van der Waals surface area (Å²) >= 11 is 6.21. The summed E-state index contributed by atoms with van der Waals surface area (Å²) in [6.07, 6.45) is 1.73. The molecule has 1 aliphatic rings. The Bertz CT molecular complexity index is 939. The second-order valence-electron chi connectivity index (χ2n) is 6.90. The van der Waals surface area contributed by atoms with E-state index >= 15 is 0 Å². The van der Waals surface area contributed by atoms with Gasteiger partial charge < -0.3 is 15.1 Å². The largest absolute Gasteiger partial charge is 0.368 e. The van der Waals surface area contributed by atoms with Gasteiger partial charge >= 0.3 is 0 Å². The maximum atomic E-state index is 6.21. The number of piperazine rings is 1. The van der Waals surface area contributed by atoms with Crippen LogP contribution in [0, 0.1) is 6.92 Å². The molecule has 0 spiro atoms. The molecule has 6 nitrogen and oxygen atoms in total. The van der Waals surface area contributed by atoms with E-state index in [1.165, 1.54) is 11.3 Å². The summed E-state index contributed by atoms with van der Waals surface area (Å²) in [4.78, 5) is 9.30. The SMILES string of the molecule is Cc1cccc(N2CCN(c3cnnc(NCc4ccccc4Cl)n3)CC2)c1. The highest BCUT2D eigenvalue weighted by atomic mass is 35.5. The van der Waals surface area contributed by atoms with Crippen molar-refractivity contribution in [3.63, 3.8) is 0 Å². The highest BCUT2D eigenvalue weighted by Crippen LogP contribution is 2.21. The molecule has 0 atom stereocenters. The van der Waals surface area contributed by atoms with Gasteiger partial charge in [-0.15, -0.1) is 5.10 Å². The molecule has 0 amide bonds. The Morgan fingerprint density at radius 1 is 1.00 bits per heavy atom. The minimum atomic E-state index is 0.513. The lowest BCUT2D eigenvalue weighted by Crippen LogP contribution is -2.47. The minimum Gasteiger partial charge on any atom is -0.368 e. The molecule has 7 heteroatoms. The van der Waals surface area contributed by atoms with Crippen molar-refractivity contribution in [2.24, 2.45) is 0 Å². The molecule has 28 heavy (non-hydrogen) atoms. The van der Waals surface area contributed by atoms with E-state index in [-0.39, 0.29) is 0 Å². The molecule has 2 heterocycles. The van der Waals surface area contributed by atoms with Crippen LogP contribution in [0.1, 0.15) is 11.1 Å². The Balaban J connectivity index is 1.38. The maximum Gasteiger partial charge on any atom is 0.244 e. The van der Waals surface area contributed by atoms with Gasteiger partial charge in [0.05, 0.1) is 6.20 Å². The van der Waals surface area contributed by atoms with Crippen LogP contribution < -0.4 is 15.1 Å². The van der Waals surface area contributed by atoms with E-state index < -0.39 is 0 Å². The molecule has 0 saturated carbocycles. The molecular formula is C21H23ClN6. The summed E-state index contributed by atoms with van der Waals surface area (Å²) in [5.41, 5.74) is 3.57. The molecule has 1 fully saturated rings. The van der Waals surface area contributed by atoms with Crippen LogP contribution in [0.15, 0.2) is 54.7 Å². The lowest BCUT2D eigenvalue weighted by atomic mass is 10.2. The van der Waals surface area contributed by atoms with Crippen molar-refractivity contribution in [3.8, 4) is 0 Å². The quantitative estimate of drug-likeness (QED) is 0.710. The summed E-state index contributed by atoms with van der Waals surface area (Å²) < 4.78 is 0. The van der Waals surface area contributed by atoms with E-state index in [0.29, 0.717) is 12.5 Å². The first-order chi connectivity index (χ1) is 13.7. The maximum absolute atomic E-state index is 6.21. The standard InChI is InChI=1S/C21H23ClN6/c1-16-5-4-7-18(13-16)27-9-11-28(12-10-27)20-15-24-26-21(25-20)23-14-17-6-2-3-8-19(17)22/h2-8,13,15H,9-12,14H2,1H3,(H,23,25,26). The van der Waals surface area contributed by atoms with Crippen LogP contribution in [-0.2, 0) is 6.54 Å². The van der Waals surface area contributed by atoms with Crippen molar-refractivity contribution in [1.82, 2.24) is 15.2 Å². The number of aromatic nitrogens is 3. The monoisotopic (exact) mass is 394 g/mol. The molecule has 0 aliphatic carbocycles. The van der Waals surface area contributed by atoms with Gasteiger partial charge in [-0.25, -0.2) is 0 Å². The third-order valence-electron chi connectivity index (χ3n) is 4.91. The zero-order valence-corrected chi connectivity index (χ0v) is 16.6. The molecule has 1 N–H and O–H groups in total. The fraction of sp³-hybridized carbons (Fsp3) is 0.286. The van der Waals surface area contributed by atoms with Crippen LogP contribution in [0.25, 0.3) is 0 Å². The fourth-order valence-electron chi connectivity index (χ4n) is 3.36. The first-order valence-corrected chi connectivity index (χ1v) is 9.80. The number of nitrogens with zero attached hydrogens (tertiary/aromatic N) is 5. The van der Waals surface area contributed by atoms with Crippen LogP contribution in [0.2, 0.25) is 5.02 Å². The van der Waals surface area contributed by atoms with Gasteiger partial charge in [0, 0.05) is 43.4 Å². The van der Waals surface area contributed by atoms with E-state index in [1.54, 1.807) is 6.20 Å². The van der Waals surface area contributed by atoms with Gasteiger partial charge in [0.2, 0.25) is 5.95 Å². The fourth-order valence-corrected chi connectivity index (χ4v) is 3.56. The molecule has 0 unspecified atom stereocenters. The zero-order valence-electron chi connectivity index (χ0n) is 15.8. The Morgan fingerprint density at radius 2 is 1.79 bits per heavy atom. The molecule has 1 saturated heterocycles. The summed E-state index contributed by atoms with van der Waals surface area (Å²) in [5, 5.41) is 12.2. The molecule has 0 radical (unpaired) electrons. The van der Waals surface area contributed by atoms with E-state index in [4.69, 9.17) is 11.6 Å². The number of aryl methyl sites for hydroxylation is 1. The Hall–Kier alpha value is -2.86. The van der Waals surface area contributed by atoms with Gasteiger partial charge in [0.15, 0.2) is 5.82 Å². The summed E-state index contributed by atoms with van der Waals surface area (Å²) in [7, 11) is 0. The average molecular weight is 395 g/mol. The lowest BCUT2D eigenvalue weighted by Gasteiger charge is -2.36. The topological polar surface area (TPSA) is 57.2 Å². The first-order valence-electron chi connectivity index (χ1n) is 9.42. The van der Waals surface area contributed by atoms with Gasteiger partial charge in [0.1, 0.15) is 0 Å². The highest BCUT2D eigenvalue weighted by Gasteiger charge is 2.19. The third-order valence-corrected chi connectivity index (χ3v) is 5.28. The minimum absolute atomic E-state index is 0.513. The molecular weight excluding hydrogens is 372 g/mol. The van der Waals surface area contributed by atoms with Crippen molar-refractivity contribution in [1.29, 1.82) is 0 Å². The predicted molar refractivity (Wildman–Crippen MR) is 114 cm³/mol. The van der Waals surface area contributed by atoms with Gasteiger partial charge in [0.25, 0.3) is 0 Å². The number of hydrogen-bond donors (Lipinski definition) is 1. The van der Waals surface area contributed by atoms with Crippen LogP contribution >= 0.6 is 11.6 Å². The molecule has 1 aliphatic heterocycles. The second-order valence-corrected chi connectivity index (χ2v) is 7.30. The number of anilines is 3. The van der Waals surface area contributed by atoms with Gasteiger partial charge in [-0.2, -0.15) is 10.1 Å². The van der Waals surface area contributed by atoms with E-state index in [2.05, 4.69) is 61.5 Å². The van der Waals surface area contributed by atoms with Gasteiger partial charge in [-0.05, 0) is 36.2 Å². The lowest BCUT2D eigenvalue weighted by molar-refractivity contribution is 0.644. The molecule has 3 aromatic rings. The van der Waals surface area contributed by atoms with Crippen molar-refractivity contribution >= 4 is 29.1 Å². The summed E-state index contributed by atoms with van der Waals surface area (Å²) in [6.45, 7) is 6.40. The van der Waals surface area contributed by atoms with Crippen LogP contribution in [0.4, 0.5) is 17.5 Å². The first kappa shape index (κ1) is 18.5. The second kappa shape index (κ2) is 8.44. The molecule has 144 valence electrons. The van der Waals surface area contributed by atoms with E-state index in [0.717, 1.165) is 42.6 Å². The van der Waals surface area contributed by atoms with Crippen LogP contribution in [-0.4, -0.2) is 41.4 Å². The summed E-state index contributed by atoms with van der Waals surface area (Å²) in [6, 6.07) is 16.4. The van der Waals surface area contributed by atoms with E-state index in [9.17, 15) is 0 Å². The van der Waals surface area contributed by atoms with Gasteiger partial charge in [-0.1, -0.05) is 41.9 Å². The molecule has 1 aromatic heterocycles. The van der Waals surface area contributed by atoms with Crippen LogP contribution in [0.3, 0.4) is 0 Å². The number of benzene rings is 2. The number of halogens is 1. The van der Waals surface area contributed by atoms with Crippen molar-refractivity contribution in [2.75, 3.05) is 41.3 Å². The van der Waals surface area contributed by atoms with Gasteiger partial charge in [-0.3, -0.25) is 0 Å². The number of hydrogen-bond acceptors (Lipinski definition) is 6. The summed E-state index contributed by atoms with van der Waals surface area (Å²) in [5.74, 6) is 1.36. The molecule has 4 rings (SSSR count). The zero-order chi connectivity index (χ0) is 19.3. The number of nitrogens with one attached hydrogen (secondary N) is 1. The average Bonchev–Trinajstić information content (AvgIpc) is 2.73.